The highest BCUT2D eigenvalue weighted by Gasteiger charge is 2.44. The number of ether oxygens (including phenoxy) is 1. The minimum absolute atomic E-state index is 0.145. The molecule has 0 radical (unpaired) electrons. The van der Waals surface area contributed by atoms with E-state index in [-0.39, 0.29) is 11.9 Å². The number of methoxy groups -OCH3 is 1. The van der Waals surface area contributed by atoms with Crippen molar-refractivity contribution in [3.05, 3.63) is 23.4 Å². The topological polar surface area (TPSA) is 78.2 Å². The minimum atomic E-state index is 0.145. The zero-order chi connectivity index (χ0) is 18.7. The van der Waals surface area contributed by atoms with Gasteiger partial charge in [-0.3, -0.25) is 4.79 Å². The summed E-state index contributed by atoms with van der Waals surface area (Å²) in [7, 11) is 1.62. The van der Waals surface area contributed by atoms with Crippen LogP contribution in [0.5, 0.6) is 0 Å². The number of nitrogens with one attached hydrogen (secondary N) is 1. The second-order valence-electron chi connectivity index (χ2n) is 7.69. The summed E-state index contributed by atoms with van der Waals surface area (Å²) in [4.78, 5) is 19.0. The molecule has 1 saturated carbocycles. The first-order valence-electron chi connectivity index (χ1n) is 9.47. The van der Waals surface area contributed by atoms with Gasteiger partial charge >= 0.3 is 0 Å². The van der Waals surface area contributed by atoms with Crippen molar-refractivity contribution >= 4 is 11.7 Å². The molecule has 1 aliphatic carbocycles. The Morgan fingerprint density at radius 1 is 1.42 bits per heavy atom. The monoisotopic (exact) mass is 356 g/mol. The number of aromatic nitrogens is 1. The van der Waals surface area contributed by atoms with Gasteiger partial charge in [0.15, 0.2) is 0 Å². The fourth-order valence-corrected chi connectivity index (χ4v) is 3.71. The van der Waals surface area contributed by atoms with Crippen LogP contribution in [0.25, 0.3) is 0 Å². The van der Waals surface area contributed by atoms with Crippen molar-refractivity contribution in [1.82, 2.24) is 9.88 Å². The van der Waals surface area contributed by atoms with Crippen molar-refractivity contribution in [3.63, 3.8) is 0 Å². The molecular formula is C20H28N4O2. The predicted molar refractivity (Wildman–Crippen MR) is 99.7 cm³/mol. The SMILES string of the molecule is COCCC(=O)N1C[C@@H](Nc2nc(C(C)C)ccc2C#N)[C@H](C2CC2)C1. The molecule has 2 fully saturated rings. The highest BCUT2D eigenvalue weighted by atomic mass is 16.5. The normalized spacial score (nSPS) is 22.5. The van der Waals surface area contributed by atoms with Gasteiger partial charge in [-0.2, -0.15) is 5.26 Å². The number of anilines is 1. The Morgan fingerprint density at radius 2 is 2.19 bits per heavy atom. The lowest BCUT2D eigenvalue weighted by atomic mass is 9.98. The highest BCUT2D eigenvalue weighted by molar-refractivity contribution is 5.77. The van der Waals surface area contributed by atoms with Crippen molar-refractivity contribution in [2.24, 2.45) is 11.8 Å². The molecule has 6 nitrogen and oxygen atoms in total. The maximum atomic E-state index is 12.4. The zero-order valence-corrected chi connectivity index (χ0v) is 15.9. The molecule has 140 valence electrons. The second kappa shape index (κ2) is 8.05. The van der Waals surface area contributed by atoms with E-state index in [4.69, 9.17) is 4.74 Å². The van der Waals surface area contributed by atoms with E-state index in [0.29, 0.717) is 48.7 Å². The van der Waals surface area contributed by atoms with Gasteiger partial charge in [0.1, 0.15) is 11.9 Å². The lowest BCUT2D eigenvalue weighted by Crippen LogP contribution is -2.33. The van der Waals surface area contributed by atoms with Gasteiger partial charge in [0.25, 0.3) is 0 Å². The molecule has 0 bridgehead atoms. The van der Waals surface area contributed by atoms with Crippen LogP contribution in [0.2, 0.25) is 0 Å². The van der Waals surface area contributed by atoms with Crippen LogP contribution >= 0.6 is 0 Å². The zero-order valence-electron chi connectivity index (χ0n) is 15.9. The van der Waals surface area contributed by atoms with Crippen LogP contribution in [0.15, 0.2) is 12.1 Å². The molecule has 2 aliphatic rings. The van der Waals surface area contributed by atoms with Crippen LogP contribution < -0.4 is 5.32 Å². The van der Waals surface area contributed by atoms with Gasteiger partial charge in [0, 0.05) is 37.9 Å². The Balaban J connectivity index is 1.76. The van der Waals surface area contributed by atoms with Gasteiger partial charge in [-0.05, 0) is 36.8 Å². The van der Waals surface area contributed by atoms with Crippen LogP contribution in [0.1, 0.15) is 50.3 Å². The summed E-state index contributed by atoms with van der Waals surface area (Å²) >= 11 is 0. The molecule has 2 heterocycles. The third kappa shape index (κ3) is 4.16. The molecule has 0 aromatic carbocycles. The first-order valence-corrected chi connectivity index (χ1v) is 9.47. The van der Waals surface area contributed by atoms with E-state index >= 15 is 0 Å². The molecule has 6 heteroatoms. The second-order valence-corrected chi connectivity index (χ2v) is 7.69. The van der Waals surface area contributed by atoms with E-state index < -0.39 is 0 Å². The van der Waals surface area contributed by atoms with Crippen LogP contribution in [0.4, 0.5) is 5.82 Å². The number of nitrogens with zero attached hydrogens (tertiary/aromatic N) is 3. The molecule has 1 aromatic heterocycles. The van der Waals surface area contributed by atoms with E-state index in [2.05, 4.69) is 30.2 Å². The quantitative estimate of drug-likeness (QED) is 0.813. The molecule has 1 aromatic rings. The molecule has 1 amide bonds. The minimum Gasteiger partial charge on any atom is -0.384 e. The fraction of sp³-hybridized carbons (Fsp3) is 0.650. The van der Waals surface area contributed by atoms with E-state index in [1.807, 2.05) is 17.0 Å². The third-order valence-electron chi connectivity index (χ3n) is 5.42. The Labute approximate surface area is 155 Å². The van der Waals surface area contributed by atoms with Crippen LogP contribution in [-0.4, -0.2) is 48.6 Å². The van der Waals surface area contributed by atoms with Gasteiger partial charge in [-0.15, -0.1) is 0 Å². The summed E-state index contributed by atoms with van der Waals surface area (Å²) in [5.74, 6) is 2.20. The van der Waals surface area contributed by atoms with E-state index in [1.54, 1.807) is 7.11 Å². The summed E-state index contributed by atoms with van der Waals surface area (Å²) in [5, 5.41) is 12.9. The summed E-state index contributed by atoms with van der Waals surface area (Å²) < 4.78 is 5.04. The molecule has 1 saturated heterocycles. The Hall–Kier alpha value is -2.13. The van der Waals surface area contributed by atoms with Crippen molar-refractivity contribution in [2.75, 3.05) is 32.1 Å². The van der Waals surface area contributed by atoms with Crippen LogP contribution in [0.3, 0.4) is 0 Å². The predicted octanol–water partition coefficient (Wildman–Crippen LogP) is 2.76. The van der Waals surface area contributed by atoms with E-state index in [9.17, 15) is 10.1 Å². The van der Waals surface area contributed by atoms with Gasteiger partial charge in [-0.1, -0.05) is 13.8 Å². The van der Waals surface area contributed by atoms with Gasteiger partial charge in [-0.25, -0.2) is 4.98 Å². The third-order valence-corrected chi connectivity index (χ3v) is 5.42. The fourth-order valence-electron chi connectivity index (χ4n) is 3.71. The maximum absolute atomic E-state index is 12.4. The number of carbonyl (C=O) groups excluding carboxylic acids is 1. The molecule has 1 N–H and O–H groups in total. The number of pyridine rings is 1. The lowest BCUT2D eigenvalue weighted by Gasteiger charge is -2.21. The van der Waals surface area contributed by atoms with E-state index in [1.165, 1.54) is 12.8 Å². The van der Waals surface area contributed by atoms with Crippen LogP contribution in [0, 0.1) is 23.2 Å². The molecule has 0 unspecified atom stereocenters. The highest BCUT2D eigenvalue weighted by Crippen LogP contribution is 2.42. The van der Waals surface area contributed by atoms with Gasteiger partial charge in [0.2, 0.25) is 5.91 Å². The van der Waals surface area contributed by atoms with Crippen molar-refractivity contribution < 1.29 is 9.53 Å². The molecule has 3 rings (SSSR count). The van der Waals surface area contributed by atoms with Gasteiger partial charge < -0.3 is 15.0 Å². The standard InChI is InChI=1S/C20H28N4O2/c1-13(2)17-7-6-15(10-21)20(22-17)23-18-12-24(19(25)8-9-26-3)11-16(18)14-4-5-14/h6-7,13-14,16,18H,4-5,8-9,11-12H2,1-3H3,(H,22,23)/t16-,18+/m0/s1. The number of rotatable bonds is 7. The largest absolute Gasteiger partial charge is 0.384 e. The number of likely N-dealkylation sites (tertiary alicyclic amines) is 1. The molecule has 26 heavy (non-hydrogen) atoms. The summed E-state index contributed by atoms with van der Waals surface area (Å²) in [6, 6.07) is 6.14. The smallest absolute Gasteiger partial charge is 0.224 e. The molecule has 2 atom stereocenters. The van der Waals surface area contributed by atoms with Gasteiger partial charge in [0.05, 0.1) is 18.6 Å². The van der Waals surface area contributed by atoms with Crippen molar-refractivity contribution in [2.45, 2.75) is 45.1 Å². The van der Waals surface area contributed by atoms with E-state index in [0.717, 1.165) is 12.2 Å². The summed E-state index contributed by atoms with van der Waals surface area (Å²) in [6.07, 6.45) is 2.88. The summed E-state index contributed by atoms with van der Waals surface area (Å²) in [5.41, 5.74) is 1.54. The summed E-state index contributed by atoms with van der Waals surface area (Å²) in [6.45, 7) is 6.10. The molecule has 1 aliphatic heterocycles. The number of hydrogen-bond donors (Lipinski definition) is 1. The molecule has 0 spiro atoms. The average Bonchev–Trinajstić information content (AvgIpc) is 3.40. The number of hydrogen-bond acceptors (Lipinski definition) is 5. The molecular weight excluding hydrogens is 328 g/mol. The Morgan fingerprint density at radius 3 is 2.81 bits per heavy atom. The van der Waals surface area contributed by atoms with Crippen molar-refractivity contribution in [1.29, 1.82) is 5.26 Å². The maximum Gasteiger partial charge on any atom is 0.224 e. The number of carbonyl (C=O) groups is 1. The lowest BCUT2D eigenvalue weighted by molar-refractivity contribution is -0.131. The van der Waals surface area contributed by atoms with Crippen LogP contribution in [-0.2, 0) is 9.53 Å². The Bertz CT molecular complexity index is 694. The first-order chi connectivity index (χ1) is 12.5. The number of nitriles is 1. The number of amides is 1. The average molecular weight is 356 g/mol. The first kappa shape index (κ1) is 18.7. The van der Waals surface area contributed by atoms with Crippen molar-refractivity contribution in [3.8, 4) is 6.07 Å². The Kier molecular flexibility index (Phi) is 5.77.